The number of carbonyl (C=O) groups excluding carboxylic acids is 4. The summed E-state index contributed by atoms with van der Waals surface area (Å²) in [7, 11) is 0. The summed E-state index contributed by atoms with van der Waals surface area (Å²) in [4.78, 5) is 50.3. The van der Waals surface area contributed by atoms with E-state index in [1.165, 1.54) is 6.92 Å². The molecule has 1 aliphatic rings. The van der Waals surface area contributed by atoms with Crippen molar-refractivity contribution in [2.75, 3.05) is 5.32 Å². The van der Waals surface area contributed by atoms with Gasteiger partial charge in [-0.2, -0.15) is 5.26 Å². The Morgan fingerprint density at radius 3 is 2.24 bits per heavy atom. The number of para-hydroxylation sites is 1. The molecular formula is C21H18N4O4. The average molecular weight is 390 g/mol. The van der Waals surface area contributed by atoms with Crippen molar-refractivity contribution in [3.05, 3.63) is 65.2 Å². The van der Waals surface area contributed by atoms with E-state index in [0.29, 0.717) is 11.3 Å². The molecule has 0 bridgehead atoms. The molecule has 1 heterocycles. The van der Waals surface area contributed by atoms with Crippen LogP contribution in [-0.2, 0) is 16.1 Å². The Morgan fingerprint density at radius 1 is 1.03 bits per heavy atom. The first-order chi connectivity index (χ1) is 13.9. The molecule has 0 aliphatic carbocycles. The molecule has 2 aromatic rings. The van der Waals surface area contributed by atoms with Gasteiger partial charge in [0.2, 0.25) is 11.8 Å². The van der Waals surface area contributed by atoms with Crippen molar-refractivity contribution in [3.63, 3.8) is 0 Å². The number of hydrogen-bond donors (Lipinski definition) is 2. The number of hydrogen-bond acceptors (Lipinski definition) is 5. The van der Waals surface area contributed by atoms with Crippen LogP contribution in [0.25, 0.3) is 0 Å². The monoisotopic (exact) mass is 390 g/mol. The summed E-state index contributed by atoms with van der Waals surface area (Å²) >= 11 is 0. The van der Waals surface area contributed by atoms with Crippen LogP contribution in [0, 0.1) is 11.3 Å². The van der Waals surface area contributed by atoms with Gasteiger partial charge in [0.05, 0.1) is 17.2 Å². The highest BCUT2D eigenvalue weighted by Crippen LogP contribution is 2.25. The van der Waals surface area contributed by atoms with Crippen LogP contribution in [-0.4, -0.2) is 34.6 Å². The SMILES string of the molecule is CC(C(=O)Nc1ccccc1CNC(=O)CC#N)N1C(=O)c2ccccc2C1=O. The molecule has 1 unspecified atom stereocenters. The Kier molecular flexibility index (Phi) is 5.69. The molecule has 2 N–H and O–H groups in total. The molecule has 0 saturated heterocycles. The number of imide groups is 1. The maximum atomic E-state index is 12.7. The summed E-state index contributed by atoms with van der Waals surface area (Å²) in [6.07, 6.45) is -0.259. The van der Waals surface area contributed by atoms with E-state index in [0.717, 1.165) is 4.90 Å². The summed E-state index contributed by atoms with van der Waals surface area (Å²) in [6, 6.07) is 14.0. The van der Waals surface area contributed by atoms with Crippen molar-refractivity contribution >= 4 is 29.3 Å². The first-order valence-corrected chi connectivity index (χ1v) is 8.93. The zero-order valence-corrected chi connectivity index (χ0v) is 15.6. The van der Waals surface area contributed by atoms with Crippen molar-refractivity contribution in [1.82, 2.24) is 10.2 Å². The highest BCUT2D eigenvalue weighted by atomic mass is 16.2. The maximum Gasteiger partial charge on any atom is 0.262 e. The van der Waals surface area contributed by atoms with Crippen molar-refractivity contribution in [2.45, 2.75) is 25.9 Å². The summed E-state index contributed by atoms with van der Waals surface area (Å²) < 4.78 is 0. The van der Waals surface area contributed by atoms with Crippen LogP contribution in [0.3, 0.4) is 0 Å². The van der Waals surface area contributed by atoms with Gasteiger partial charge in [-0.1, -0.05) is 30.3 Å². The second kappa shape index (κ2) is 8.35. The molecule has 0 saturated carbocycles. The van der Waals surface area contributed by atoms with Crippen molar-refractivity contribution in [2.24, 2.45) is 0 Å². The number of rotatable bonds is 6. The van der Waals surface area contributed by atoms with Crippen LogP contribution >= 0.6 is 0 Å². The van der Waals surface area contributed by atoms with E-state index in [1.54, 1.807) is 54.6 Å². The van der Waals surface area contributed by atoms with E-state index in [9.17, 15) is 19.2 Å². The molecular weight excluding hydrogens is 372 g/mol. The van der Waals surface area contributed by atoms with Gasteiger partial charge in [0, 0.05) is 12.2 Å². The Bertz CT molecular complexity index is 1010. The van der Waals surface area contributed by atoms with Crippen LogP contribution in [0.4, 0.5) is 5.69 Å². The molecule has 1 atom stereocenters. The predicted molar refractivity (Wildman–Crippen MR) is 104 cm³/mol. The van der Waals surface area contributed by atoms with E-state index < -0.39 is 29.7 Å². The molecule has 29 heavy (non-hydrogen) atoms. The summed E-state index contributed by atoms with van der Waals surface area (Å²) in [5, 5.41) is 13.9. The van der Waals surface area contributed by atoms with Crippen LogP contribution in [0.2, 0.25) is 0 Å². The summed E-state index contributed by atoms with van der Waals surface area (Å²) in [5.74, 6) is -1.97. The Labute approximate surface area is 167 Å². The van der Waals surface area contributed by atoms with E-state index in [4.69, 9.17) is 5.26 Å². The smallest absolute Gasteiger partial charge is 0.262 e. The number of carbonyl (C=O) groups is 4. The number of benzene rings is 2. The van der Waals surface area contributed by atoms with E-state index in [1.807, 2.05) is 0 Å². The molecule has 1 aliphatic heterocycles. The zero-order valence-electron chi connectivity index (χ0n) is 15.6. The van der Waals surface area contributed by atoms with Gasteiger partial charge in [-0.25, -0.2) is 0 Å². The van der Waals surface area contributed by atoms with Gasteiger partial charge in [-0.15, -0.1) is 0 Å². The lowest BCUT2D eigenvalue weighted by Crippen LogP contribution is -2.45. The van der Waals surface area contributed by atoms with Crippen molar-refractivity contribution in [3.8, 4) is 6.07 Å². The van der Waals surface area contributed by atoms with Gasteiger partial charge in [-0.3, -0.25) is 24.1 Å². The fourth-order valence-electron chi connectivity index (χ4n) is 3.04. The highest BCUT2D eigenvalue weighted by Gasteiger charge is 2.40. The number of anilines is 1. The minimum atomic E-state index is -1.02. The predicted octanol–water partition coefficient (Wildman–Crippen LogP) is 1.84. The van der Waals surface area contributed by atoms with Crippen LogP contribution in [0.1, 0.15) is 39.6 Å². The van der Waals surface area contributed by atoms with Gasteiger partial charge >= 0.3 is 0 Å². The fourth-order valence-corrected chi connectivity index (χ4v) is 3.04. The molecule has 146 valence electrons. The van der Waals surface area contributed by atoms with E-state index >= 15 is 0 Å². The van der Waals surface area contributed by atoms with Gasteiger partial charge < -0.3 is 10.6 Å². The van der Waals surface area contributed by atoms with Crippen LogP contribution in [0.5, 0.6) is 0 Å². The molecule has 0 aromatic heterocycles. The molecule has 3 rings (SSSR count). The number of nitriles is 1. The highest BCUT2D eigenvalue weighted by molar-refractivity contribution is 6.23. The van der Waals surface area contributed by atoms with Gasteiger partial charge in [0.25, 0.3) is 11.8 Å². The third-order valence-electron chi connectivity index (χ3n) is 4.58. The second-order valence-electron chi connectivity index (χ2n) is 6.46. The van der Waals surface area contributed by atoms with Crippen molar-refractivity contribution in [1.29, 1.82) is 5.26 Å². The second-order valence-corrected chi connectivity index (χ2v) is 6.46. The Balaban J connectivity index is 1.73. The van der Waals surface area contributed by atoms with Crippen molar-refractivity contribution < 1.29 is 19.2 Å². The average Bonchev–Trinajstić information content (AvgIpc) is 2.97. The van der Waals surface area contributed by atoms with Crippen LogP contribution in [0.15, 0.2) is 48.5 Å². The fraction of sp³-hybridized carbons (Fsp3) is 0.190. The Hall–Kier alpha value is -3.99. The Morgan fingerprint density at radius 2 is 1.62 bits per heavy atom. The molecule has 8 nitrogen and oxygen atoms in total. The topological polar surface area (TPSA) is 119 Å². The third kappa shape index (κ3) is 3.99. The van der Waals surface area contributed by atoms with E-state index in [-0.39, 0.29) is 24.1 Å². The minimum absolute atomic E-state index is 0.123. The molecule has 0 radical (unpaired) electrons. The molecule has 0 spiro atoms. The number of nitrogens with zero attached hydrogens (tertiary/aromatic N) is 2. The molecule has 0 fully saturated rings. The van der Waals surface area contributed by atoms with Gasteiger partial charge in [0.15, 0.2) is 0 Å². The number of fused-ring (bicyclic) bond motifs is 1. The zero-order chi connectivity index (χ0) is 21.0. The standard InChI is InChI=1S/C21H18N4O4/c1-13(25-20(28)15-7-3-4-8-16(15)21(25)29)19(27)24-17-9-5-2-6-14(17)12-23-18(26)10-11-22/h2-9,13H,10,12H2,1H3,(H,23,26)(H,24,27). The lowest BCUT2D eigenvalue weighted by atomic mass is 10.1. The van der Waals surface area contributed by atoms with Gasteiger partial charge in [-0.05, 0) is 30.7 Å². The largest absolute Gasteiger partial charge is 0.351 e. The molecule has 2 aromatic carbocycles. The summed E-state index contributed by atoms with van der Waals surface area (Å²) in [5.41, 5.74) is 1.62. The first kappa shape index (κ1) is 19.8. The number of nitrogens with one attached hydrogen (secondary N) is 2. The third-order valence-corrected chi connectivity index (χ3v) is 4.58. The maximum absolute atomic E-state index is 12.7. The lowest BCUT2D eigenvalue weighted by molar-refractivity contribution is -0.120. The first-order valence-electron chi connectivity index (χ1n) is 8.93. The lowest BCUT2D eigenvalue weighted by Gasteiger charge is -2.22. The van der Waals surface area contributed by atoms with Crippen LogP contribution < -0.4 is 10.6 Å². The normalized spacial score (nSPS) is 13.4. The van der Waals surface area contributed by atoms with Gasteiger partial charge in [0.1, 0.15) is 12.5 Å². The van der Waals surface area contributed by atoms with E-state index in [2.05, 4.69) is 10.6 Å². The summed E-state index contributed by atoms with van der Waals surface area (Å²) in [6.45, 7) is 1.60. The minimum Gasteiger partial charge on any atom is -0.351 e. The quantitative estimate of drug-likeness (QED) is 0.730. The molecule has 8 heteroatoms. The number of amides is 4. The molecule has 4 amide bonds.